The summed E-state index contributed by atoms with van der Waals surface area (Å²) in [5.41, 5.74) is 2.00. The molecule has 1 aliphatic rings. The molecule has 0 N–H and O–H groups in total. The average Bonchev–Trinajstić information content (AvgIpc) is 3.36. The lowest BCUT2D eigenvalue weighted by Gasteiger charge is -2.32. The highest BCUT2D eigenvalue weighted by atomic mass is 32.2. The number of aromatic nitrogens is 2. The molecule has 3 aromatic rings. The predicted molar refractivity (Wildman–Crippen MR) is 130 cm³/mol. The van der Waals surface area contributed by atoms with E-state index in [0.717, 1.165) is 32.4 Å². The summed E-state index contributed by atoms with van der Waals surface area (Å²) in [7, 11) is 4.64. The van der Waals surface area contributed by atoms with Crippen LogP contribution in [0.2, 0.25) is 0 Å². The van der Waals surface area contributed by atoms with Crippen molar-refractivity contribution in [3.63, 3.8) is 0 Å². The fourth-order valence-corrected chi connectivity index (χ4v) is 4.80. The predicted octanol–water partition coefficient (Wildman–Crippen LogP) is 4.34. The van der Waals surface area contributed by atoms with E-state index in [1.165, 1.54) is 17.3 Å². The number of hydrogen-bond acceptors (Lipinski definition) is 8. The number of thioether (sulfide) groups is 1. The first kappa shape index (κ1) is 23.9. The van der Waals surface area contributed by atoms with Crippen LogP contribution in [-0.4, -0.2) is 61.2 Å². The maximum atomic E-state index is 12.7. The van der Waals surface area contributed by atoms with Crippen LogP contribution in [0.15, 0.2) is 52.1 Å². The maximum absolute atomic E-state index is 12.7. The Kier molecular flexibility index (Phi) is 7.95. The van der Waals surface area contributed by atoms with Gasteiger partial charge in [0.2, 0.25) is 17.5 Å². The quantitative estimate of drug-likeness (QED) is 0.416. The Morgan fingerprint density at radius 2 is 1.71 bits per heavy atom. The summed E-state index contributed by atoms with van der Waals surface area (Å²) in [5, 5.41) is 8.55. The van der Waals surface area contributed by atoms with Crippen molar-refractivity contribution in [3.8, 4) is 28.7 Å². The largest absolute Gasteiger partial charge is 0.493 e. The fraction of sp³-hybridized carbons (Fsp3) is 0.400. The smallest absolute Gasteiger partial charge is 0.277 e. The van der Waals surface area contributed by atoms with E-state index in [4.69, 9.17) is 18.6 Å². The molecule has 0 saturated carbocycles. The van der Waals surface area contributed by atoms with Crippen LogP contribution >= 0.6 is 11.8 Å². The summed E-state index contributed by atoms with van der Waals surface area (Å²) in [4.78, 5) is 14.7. The molecule has 1 aromatic heterocycles. The van der Waals surface area contributed by atoms with Crippen molar-refractivity contribution in [2.75, 3.05) is 40.2 Å². The van der Waals surface area contributed by atoms with Gasteiger partial charge in [-0.05, 0) is 42.9 Å². The summed E-state index contributed by atoms with van der Waals surface area (Å²) >= 11 is 1.25. The second kappa shape index (κ2) is 11.3. The summed E-state index contributed by atoms with van der Waals surface area (Å²) in [6.07, 6.45) is 3.12. The first-order chi connectivity index (χ1) is 16.6. The number of benzene rings is 2. The fourth-order valence-electron chi connectivity index (χ4n) is 4.14. The van der Waals surface area contributed by atoms with Crippen LogP contribution in [0.4, 0.5) is 0 Å². The first-order valence-corrected chi connectivity index (χ1v) is 12.2. The first-order valence-electron chi connectivity index (χ1n) is 11.2. The van der Waals surface area contributed by atoms with Gasteiger partial charge in [-0.1, -0.05) is 42.1 Å². The highest BCUT2D eigenvalue weighted by Gasteiger charge is 2.24. The Hall–Kier alpha value is -3.20. The third-order valence-corrected chi connectivity index (χ3v) is 6.77. The van der Waals surface area contributed by atoms with Gasteiger partial charge in [0.15, 0.2) is 11.5 Å². The number of carbonyl (C=O) groups excluding carboxylic acids is 1. The number of amides is 1. The number of hydrogen-bond donors (Lipinski definition) is 0. The average molecular weight is 484 g/mol. The number of methoxy groups -OCH3 is 3. The molecule has 2 heterocycles. The topological polar surface area (TPSA) is 86.9 Å². The Balaban J connectivity index is 1.31. The van der Waals surface area contributed by atoms with Gasteiger partial charge in [-0.2, -0.15) is 0 Å². The number of carbonyl (C=O) groups is 1. The molecule has 0 atom stereocenters. The van der Waals surface area contributed by atoms with E-state index < -0.39 is 0 Å². The minimum atomic E-state index is 0.0932. The molecule has 0 aliphatic carbocycles. The third kappa shape index (κ3) is 5.64. The minimum Gasteiger partial charge on any atom is -0.493 e. The Labute approximate surface area is 203 Å². The van der Waals surface area contributed by atoms with Crippen molar-refractivity contribution in [1.82, 2.24) is 15.1 Å². The summed E-state index contributed by atoms with van der Waals surface area (Å²) < 4.78 is 21.9. The van der Waals surface area contributed by atoms with Crippen LogP contribution in [0, 0.1) is 5.92 Å². The van der Waals surface area contributed by atoms with Crippen molar-refractivity contribution in [1.29, 1.82) is 0 Å². The van der Waals surface area contributed by atoms with Crippen LogP contribution in [0.5, 0.6) is 17.2 Å². The van der Waals surface area contributed by atoms with E-state index in [0.29, 0.717) is 39.8 Å². The van der Waals surface area contributed by atoms with Crippen molar-refractivity contribution < 1.29 is 23.4 Å². The zero-order chi connectivity index (χ0) is 23.9. The monoisotopic (exact) mass is 483 g/mol. The third-order valence-electron chi connectivity index (χ3n) is 5.97. The van der Waals surface area contributed by atoms with Gasteiger partial charge in [0.05, 0.1) is 27.1 Å². The van der Waals surface area contributed by atoms with Crippen molar-refractivity contribution in [3.05, 3.63) is 48.0 Å². The van der Waals surface area contributed by atoms with Crippen LogP contribution in [0.3, 0.4) is 0 Å². The van der Waals surface area contributed by atoms with E-state index in [2.05, 4.69) is 34.5 Å². The van der Waals surface area contributed by atoms with Crippen molar-refractivity contribution >= 4 is 17.7 Å². The summed E-state index contributed by atoms with van der Waals surface area (Å²) in [5.74, 6) is 2.77. The summed E-state index contributed by atoms with van der Waals surface area (Å²) in [6.45, 7) is 1.58. The number of nitrogens with zero attached hydrogens (tertiary/aromatic N) is 3. The van der Waals surface area contributed by atoms with Gasteiger partial charge >= 0.3 is 0 Å². The molecule has 1 saturated heterocycles. The molecule has 8 nitrogen and oxygen atoms in total. The zero-order valence-electron chi connectivity index (χ0n) is 19.7. The van der Waals surface area contributed by atoms with E-state index in [9.17, 15) is 4.79 Å². The lowest BCUT2D eigenvalue weighted by molar-refractivity contribution is -0.129. The number of piperidine rings is 1. The normalized spacial score (nSPS) is 14.1. The summed E-state index contributed by atoms with van der Waals surface area (Å²) in [6, 6.07) is 14.0. The second-order valence-corrected chi connectivity index (χ2v) is 9.02. The number of ether oxygens (including phenoxy) is 3. The number of likely N-dealkylation sites (tertiary alicyclic amines) is 1. The number of rotatable bonds is 9. The SMILES string of the molecule is COc1cc(-c2nnc(SCC(=O)N3CCC(Cc4ccccc4)CC3)o2)cc(OC)c1OC. The molecule has 9 heteroatoms. The molecule has 1 aliphatic heterocycles. The standard InChI is InChI=1S/C25H29N3O5S/c1-30-20-14-19(15-21(31-2)23(20)32-3)24-26-27-25(33-24)34-16-22(29)28-11-9-18(10-12-28)13-17-7-5-4-6-8-17/h4-8,14-15,18H,9-13,16H2,1-3H3. The highest BCUT2D eigenvalue weighted by Crippen LogP contribution is 2.41. The van der Waals surface area contributed by atoms with Gasteiger partial charge in [-0.25, -0.2) is 0 Å². The van der Waals surface area contributed by atoms with Crippen LogP contribution in [-0.2, 0) is 11.2 Å². The highest BCUT2D eigenvalue weighted by molar-refractivity contribution is 7.99. The van der Waals surface area contributed by atoms with E-state index in [-0.39, 0.29) is 11.7 Å². The zero-order valence-corrected chi connectivity index (χ0v) is 20.5. The lowest BCUT2D eigenvalue weighted by atomic mass is 9.90. The Bertz CT molecular complexity index is 1070. The van der Waals surface area contributed by atoms with Crippen molar-refractivity contribution in [2.45, 2.75) is 24.5 Å². The molecule has 1 fully saturated rings. The molecular weight excluding hydrogens is 454 g/mol. The second-order valence-electron chi connectivity index (χ2n) is 8.09. The molecule has 0 radical (unpaired) electrons. The molecule has 0 spiro atoms. The molecule has 2 aromatic carbocycles. The molecule has 4 rings (SSSR count). The molecule has 0 unspecified atom stereocenters. The Morgan fingerprint density at radius 1 is 1.03 bits per heavy atom. The van der Waals surface area contributed by atoms with Crippen LogP contribution < -0.4 is 14.2 Å². The van der Waals surface area contributed by atoms with Crippen LogP contribution in [0.1, 0.15) is 18.4 Å². The van der Waals surface area contributed by atoms with Gasteiger partial charge in [0.1, 0.15) is 0 Å². The lowest BCUT2D eigenvalue weighted by Crippen LogP contribution is -2.39. The molecule has 180 valence electrons. The van der Waals surface area contributed by atoms with Gasteiger partial charge in [-0.3, -0.25) is 4.79 Å². The Morgan fingerprint density at radius 3 is 2.32 bits per heavy atom. The van der Waals surface area contributed by atoms with Crippen molar-refractivity contribution in [2.24, 2.45) is 5.92 Å². The molecule has 34 heavy (non-hydrogen) atoms. The molecule has 1 amide bonds. The molecule has 0 bridgehead atoms. The minimum absolute atomic E-state index is 0.0932. The van der Waals surface area contributed by atoms with Gasteiger partial charge in [0, 0.05) is 18.7 Å². The van der Waals surface area contributed by atoms with E-state index in [1.54, 1.807) is 33.5 Å². The van der Waals surface area contributed by atoms with Gasteiger partial charge < -0.3 is 23.5 Å². The molecular formula is C25H29N3O5S. The van der Waals surface area contributed by atoms with Gasteiger partial charge in [-0.15, -0.1) is 10.2 Å². The van der Waals surface area contributed by atoms with E-state index >= 15 is 0 Å². The maximum Gasteiger partial charge on any atom is 0.277 e. The van der Waals surface area contributed by atoms with Crippen LogP contribution in [0.25, 0.3) is 11.5 Å². The van der Waals surface area contributed by atoms with Gasteiger partial charge in [0.25, 0.3) is 5.22 Å². The van der Waals surface area contributed by atoms with E-state index in [1.807, 2.05) is 11.0 Å².